The highest BCUT2D eigenvalue weighted by atomic mass is 127. The molecule has 2 atom stereocenters. The second kappa shape index (κ2) is 11.5. The van der Waals surface area contributed by atoms with Crippen molar-refractivity contribution in [2.75, 3.05) is 18.5 Å². The summed E-state index contributed by atoms with van der Waals surface area (Å²) in [6.45, 7) is -0.00544. The van der Waals surface area contributed by atoms with Crippen molar-refractivity contribution in [2.24, 2.45) is 0 Å². The third kappa shape index (κ3) is 5.82. The Morgan fingerprint density at radius 3 is 2.50 bits per heavy atom. The number of urea groups is 1. The van der Waals surface area contributed by atoms with Crippen LogP contribution in [0.1, 0.15) is 17.2 Å². The maximum atomic E-state index is 14.4. The monoisotopic (exact) mass is 603 g/mol. The lowest BCUT2D eigenvalue weighted by molar-refractivity contribution is -0.134. The fourth-order valence-corrected chi connectivity index (χ4v) is 4.33. The normalized spacial score (nSPS) is 16.0. The quantitative estimate of drug-likeness (QED) is 0.256. The van der Waals surface area contributed by atoms with Crippen molar-refractivity contribution in [3.05, 3.63) is 93.3 Å². The molecule has 0 spiro atoms. The van der Waals surface area contributed by atoms with Gasteiger partial charge in [0.2, 0.25) is 5.91 Å². The van der Waals surface area contributed by atoms with Crippen LogP contribution in [0.3, 0.4) is 0 Å². The minimum absolute atomic E-state index is 0.0412. The molecule has 0 radical (unpaired) electrons. The molecule has 1 aliphatic heterocycles. The molecule has 0 aliphatic carbocycles. The first-order valence-electron chi connectivity index (χ1n) is 11.1. The predicted octanol–water partition coefficient (Wildman–Crippen LogP) is 3.64. The zero-order valence-corrected chi connectivity index (χ0v) is 21.1. The van der Waals surface area contributed by atoms with Crippen molar-refractivity contribution < 1.29 is 28.6 Å². The second-order valence-electron chi connectivity index (χ2n) is 8.05. The minimum atomic E-state index is -1.21. The average molecular weight is 603 g/mol. The van der Waals surface area contributed by atoms with Crippen LogP contribution in [0.4, 0.5) is 14.9 Å². The molecule has 4 amide bonds. The van der Waals surface area contributed by atoms with Gasteiger partial charge in [0.25, 0.3) is 5.91 Å². The Morgan fingerprint density at radius 1 is 1.11 bits per heavy atom. The molecular weight excluding hydrogens is 580 g/mol. The van der Waals surface area contributed by atoms with E-state index in [-0.39, 0.29) is 25.3 Å². The first kappa shape index (κ1) is 25.6. The standard InChI is InChI=1S/C26H23FIN3O5/c27-20-15-18(28)8-11-21(20)29-24(33)22(14-16-4-2-1-3-5-16)31-25(34)23(30-26(31)35)17-6-9-19(10-7-17)36-13-12-32/h1-11,15,22-23,32H,12-14H2,(H,29,33)(H,30,35)/t22-,23+/m0/s1. The molecule has 1 fully saturated rings. The highest BCUT2D eigenvalue weighted by Crippen LogP contribution is 2.27. The number of hydrogen-bond donors (Lipinski definition) is 3. The van der Waals surface area contributed by atoms with E-state index in [4.69, 9.17) is 9.84 Å². The molecule has 0 saturated carbocycles. The summed E-state index contributed by atoms with van der Waals surface area (Å²) < 4.78 is 20.4. The van der Waals surface area contributed by atoms with Crippen LogP contribution in [-0.2, 0) is 16.0 Å². The Labute approximate surface area is 220 Å². The lowest BCUT2D eigenvalue weighted by Gasteiger charge is -2.25. The van der Waals surface area contributed by atoms with Gasteiger partial charge in [-0.2, -0.15) is 0 Å². The number of imide groups is 1. The van der Waals surface area contributed by atoms with Crippen LogP contribution >= 0.6 is 22.6 Å². The fraction of sp³-hybridized carbons (Fsp3) is 0.192. The molecular formula is C26H23FIN3O5. The highest BCUT2D eigenvalue weighted by molar-refractivity contribution is 14.1. The van der Waals surface area contributed by atoms with E-state index in [1.165, 1.54) is 12.1 Å². The van der Waals surface area contributed by atoms with E-state index in [9.17, 15) is 18.8 Å². The van der Waals surface area contributed by atoms with Crippen molar-refractivity contribution in [1.29, 1.82) is 0 Å². The average Bonchev–Trinajstić information content (AvgIpc) is 3.17. The van der Waals surface area contributed by atoms with Crippen molar-refractivity contribution in [3.8, 4) is 5.75 Å². The summed E-state index contributed by atoms with van der Waals surface area (Å²) in [6.07, 6.45) is 0.0540. The number of benzene rings is 3. The van der Waals surface area contributed by atoms with Crippen molar-refractivity contribution in [2.45, 2.75) is 18.5 Å². The minimum Gasteiger partial charge on any atom is -0.491 e. The Balaban J connectivity index is 1.60. The van der Waals surface area contributed by atoms with Crippen LogP contribution in [0, 0.1) is 9.39 Å². The van der Waals surface area contributed by atoms with E-state index in [0.29, 0.717) is 14.9 Å². The summed E-state index contributed by atoms with van der Waals surface area (Å²) in [5, 5.41) is 14.1. The molecule has 36 heavy (non-hydrogen) atoms. The van der Waals surface area contributed by atoms with Crippen molar-refractivity contribution >= 4 is 46.1 Å². The Kier molecular flexibility index (Phi) is 8.16. The molecule has 0 bridgehead atoms. The number of carbonyl (C=O) groups is 3. The molecule has 10 heteroatoms. The van der Waals surface area contributed by atoms with Crippen molar-refractivity contribution in [1.82, 2.24) is 10.2 Å². The zero-order chi connectivity index (χ0) is 25.7. The largest absolute Gasteiger partial charge is 0.491 e. The Morgan fingerprint density at radius 2 is 1.83 bits per heavy atom. The Bertz CT molecular complexity index is 1260. The lowest BCUT2D eigenvalue weighted by atomic mass is 10.0. The van der Waals surface area contributed by atoms with E-state index in [1.807, 2.05) is 28.7 Å². The molecule has 8 nitrogen and oxygen atoms in total. The van der Waals surface area contributed by atoms with Gasteiger partial charge in [0, 0.05) is 9.99 Å². The molecule has 3 aromatic rings. The first-order valence-corrected chi connectivity index (χ1v) is 12.2. The van der Waals surface area contributed by atoms with E-state index in [2.05, 4.69) is 10.6 Å². The second-order valence-corrected chi connectivity index (χ2v) is 9.30. The topological polar surface area (TPSA) is 108 Å². The number of rotatable bonds is 9. The number of halogens is 2. The number of aliphatic hydroxyl groups is 1. The van der Waals surface area contributed by atoms with Crippen LogP contribution in [-0.4, -0.2) is 47.1 Å². The number of nitrogens with one attached hydrogen (secondary N) is 2. The Hall–Kier alpha value is -3.51. The zero-order valence-electron chi connectivity index (χ0n) is 19.0. The molecule has 0 aromatic heterocycles. The fourth-order valence-electron chi connectivity index (χ4n) is 3.88. The molecule has 0 unspecified atom stereocenters. The van der Waals surface area contributed by atoms with Crippen LogP contribution in [0.2, 0.25) is 0 Å². The maximum absolute atomic E-state index is 14.4. The summed E-state index contributed by atoms with van der Waals surface area (Å²) >= 11 is 1.96. The third-order valence-electron chi connectivity index (χ3n) is 5.62. The third-order valence-corrected chi connectivity index (χ3v) is 6.29. The summed E-state index contributed by atoms with van der Waals surface area (Å²) in [6, 6.07) is 16.9. The van der Waals surface area contributed by atoms with Gasteiger partial charge in [-0.1, -0.05) is 42.5 Å². The summed E-state index contributed by atoms with van der Waals surface area (Å²) in [5.41, 5.74) is 1.20. The van der Waals surface area contributed by atoms with Gasteiger partial charge in [0.05, 0.1) is 12.3 Å². The lowest BCUT2D eigenvalue weighted by Crippen LogP contribution is -2.49. The SMILES string of the molecule is O=C(Nc1ccc(I)cc1F)[C@H](Cc1ccccc1)N1C(=O)N[C@H](c2ccc(OCCO)cc2)C1=O. The van der Waals surface area contributed by atoms with Crippen LogP contribution < -0.4 is 15.4 Å². The number of nitrogens with zero attached hydrogens (tertiary/aromatic N) is 1. The van der Waals surface area contributed by atoms with Crippen LogP contribution in [0.5, 0.6) is 5.75 Å². The van der Waals surface area contributed by atoms with Gasteiger partial charge < -0.3 is 20.5 Å². The first-order chi connectivity index (χ1) is 17.4. The number of carbonyl (C=O) groups excluding carboxylic acids is 3. The molecule has 3 aromatic carbocycles. The van der Waals surface area contributed by atoms with Gasteiger partial charge >= 0.3 is 6.03 Å². The number of anilines is 1. The number of amides is 4. The maximum Gasteiger partial charge on any atom is 0.325 e. The van der Waals surface area contributed by atoms with E-state index in [1.54, 1.807) is 54.6 Å². The van der Waals surface area contributed by atoms with Gasteiger partial charge in [0.1, 0.15) is 30.3 Å². The number of hydrogen-bond acceptors (Lipinski definition) is 5. The molecule has 186 valence electrons. The summed E-state index contributed by atoms with van der Waals surface area (Å²) in [7, 11) is 0. The van der Waals surface area contributed by atoms with E-state index in [0.717, 1.165) is 10.5 Å². The van der Waals surface area contributed by atoms with Gasteiger partial charge in [-0.05, 0) is 64.0 Å². The molecule has 1 heterocycles. The number of ether oxygens (including phenoxy) is 1. The van der Waals surface area contributed by atoms with Gasteiger partial charge in [0.15, 0.2) is 0 Å². The summed E-state index contributed by atoms with van der Waals surface area (Å²) in [4.78, 5) is 40.6. The van der Waals surface area contributed by atoms with Crippen LogP contribution in [0.15, 0.2) is 72.8 Å². The van der Waals surface area contributed by atoms with E-state index < -0.39 is 35.7 Å². The van der Waals surface area contributed by atoms with Crippen molar-refractivity contribution in [3.63, 3.8) is 0 Å². The molecule has 3 N–H and O–H groups in total. The highest BCUT2D eigenvalue weighted by Gasteiger charge is 2.45. The molecule has 4 rings (SSSR count). The van der Waals surface area contributed by atoms with Gasteiger partial charge in [-0.15, -0.1) is 0 Å². The smallest absolute Gasteiger partial charge is 0.325 e. The summed E-state index contributed by atoms with van der Waals surface area (Å²) in [5.74, 6) is -1.39. The molecule has 1 saturated heterocycles. The van der Waals surface area contributed by atoms with Crippen LogP contribution in [0.25, 0.3) is 0 Å². The van der Waals surface area contributed by atoms with Gasteiger partial charge in [-0.25, -0.2) is 14.1 Å². The van der Waals surface area contributed by atoms with E-state index >= 15 is 0 Å². The number of aliphatic hydroxyl groups excluding tert-OH is 1. The van der Waals surface area contributed by atoms with Gasteiger partial charge in [-0.3, -0.25) is 9.59 Å². The molecule has 1 aliphatic rings. The predicted molar refractivity (Wildman–Crippen MR) is 139 cm³/mol.